The van der Waals surface area contributed by atoms with E-state index in [9.17, 15) is 22.4 Å². The van der Waals surface area contributed by atoms with Gasteiger partial charge >= 0.3 is 0 Å². The van der Waals surface area contributed by atoms with Crippen LogP contribution < -0.4 is 9.62 Å². The van der Waals surface area contributed by atoms with Crippen LogP contribution in [-0.4, -0.2) is 44.8 Å². The van der Waals surface area contributed by atoms with Crippen LogP contribution in [-0.2, 0) is 26.2 Å². The molecule has 3 aromatic rings. The number of carbonyl (C=O) groups excluding carboxylic acids is 2. The number of para-hydroxylation sites is 1. The van der Waals surface area contributed by atoms with Gasteiger partial charge in [-0.05, 0) is 50.6 Å². The Labute approximate surface area is 211 Å². The summed E-state index contributed by atoms with van der Waals surface area (Å²) in [5.74, 6) is -1.84. The van der Waals surface area contributed by atoms with Crippen LogP contribution in [0.5, 0.6) is 0 Å². The number of halogens is 1. The summed E-state index contributed by atoms with van der Waals surface area (Å²) in [7, 11) is -2.85. The molecule has 0 bridgehead atoms. The van der Waals surface area contributed by atoms with Gasteiger partial charge in [-0.25, -0.2) is 12.8 Å². The number of hydrogen-bond acceptors (Lipinski definition) is 4. The fourth-order valence-electron chi connectivity index (χ4n) is 3.80. The van der Waals surface area contributed by atoms with Gasteiger partial charge in [0.1, 0.15) is 18.4 Å². The predicted molar refractivity (Wildman–Crippen MR) is 137 cm³/mol. The van der Waals surface area contributed by atoms with Crippen LogP contribution in [0.25, 0.3) is 0 Å². The Morgan fingerprint density at radius 1 is 0.944 bits per heavy atom. The molecule has 190 valence electrons. The summed E-state index contributed by atoms with van der Waals surface area (Å²) in [5, 5.41) is 2.53. The molecule has 0 aliphatic rings. The number of nitrogens with one attached hydrogen (secondary N) is 1. The Hall–Kier alpha value is -3.72. The van der Waals surface area contributed by atoms with Gasteiger partial charge in [-0.15, -0.1) is 0 Å². The molecule has 0 aliphatic heterocycles. The minimum absolute atomic E-state index is 0.0742. The van der Waals surface area contributed by atoms with E-state index in [1.54, 1.807) is 19.1 Å². The van der Waals surface area contributed by atoms with E-state index >= 15 is 0 Å². The molecule has 1 atom stereocenters. The van der Waals surface area contributed by atoms with Gasteiger partial charge in [0.05, 0.1) is 10.6 Å². The minimum Gasteiger partial charge on any atom is -0.357 e. The third-order valence-corrected chi connectivity index (χ3v) is 7.63. The highest BCUT2D eigenvalue weighted by atomic mass is 32.2. The Balaban J connectivity index is 2.05. The second kappa shape index (κ2) is 11.3. The van der Waals surface area contributed by atoms with E-state index in [1.165, 1.54) is 42.3 Å². The number of nitrogens with zero attached hydrogens (tertiary/aromatic N) is 2. The third-order valence-electron chi connectivity index (χ3n) is 5.86. The van der Waals surface area contributed by atoms with Crippen LogP contribution in [0.2, 0.25) is 0 Å². The average molecular weight is 512 g/mol. The molecule has 0 saturated heterocycles. The highest BCUT2D eigenvalue weighted by Gasteiger charge is 2.33. The molecular formula is C27H30FN3O4S. The fraction of sp³-hybridized carbons (Fsp3) is 0.259. The van der Waals surface area contributed by atoms with E-state index in [0.29, 0.717) is 0 Å². The quantitative estimate of drug-likeness (QED) is 0.474. The highest BCUT2D eigenvalue weighted by Crippen LogP contribution is 2.27. The van der Waals surface area contributed by atoms with Gasteiger partial charge in [-0.2, -0.15) is 0 Å². The zero-order chi connectivity index (χ0) is 26.5. The van der Waals surface area contributed by atoms with Crippen molar-refractivity contribution >= 4 is 27.5 Å². The monoisotopic (exact) mass is 511 g/mol. The lowest BCUT2D eigenvalue weighted by Crippen LogP contribution is -2.50. The number of benzene rings is 3. The van der Waals surface area contributed by atoms with Gasteiger partial charge < -0.3 is 10.2 Å². The third kappa shape index (κ3) is 6.09. The number of likely N-dealkylation sites (N-methyl/N-ethyl adjacent to an activating group) is 1. The molecule has 36 heavy (non-hydrogen) atoms. The molecule has 3 rings (SSSR count). The lowest BCUT2D eigenvalue weighted by Gasteiger charge is -2.32. The van der Waals surface area contributed by atoms with Crippen LogP contribution in [0.4, 0.5) is 10.1 Å². The van der Waals surface area contributed by atoms with Crippen molar-refractivity contribution < 1.29 is 22.4 Å². The summed E-state index contributed by atoms with van der Waals surface area (Å²) in [5.41, 5.74) is 2.35. The van der Waals surface area contributed by atoms with Gasteiger partial charge in [0.25, 0.3) is 10.0 Å². The first-order chi connectivity index (χ1) is 17.0. The summed E-state index contributed by atoms with van der Waals surface area (Å²) in [6, 6.07) is 18.0. The van der Waals surface area contributed by atoms with Crippen molar-refractivity contribution in [2.75, 3.05) is 17.9 Å². The second-order valence-corrected chi connectivity index (χ2v) is 10.4. The summed E-state index contributed by atoms with van der Waals surface area (Å²) in [6.45, 7) is 4.67. The zero-order valence-electron chi connectivity index (χ0n) is 20.7. The van der Waals surface area contributed by atoms with E-state index in [0.717, 1.165) is 27.1 Å². The van der Waals surface area contributed by atoms with E-state index in [1.807, 2.05) is 38.1 Å². The molecule has 0 heterocycles. The van der Waals surface area contributed by atoms with E-state index in [2.05, 4.69) is 5.32 Å². The molecule has 0 aromatic heterocycles. The molecule has 2 amide bonds. The second-order valence-electron chi connectivity index (χ2n) is 8.58. The molecule has 0 radical (unpaired) electrons. The number of aryl methyl sites for hydroxylation is 2. The lowest BCUT2D eigenvalue weighted by atomic mass is 10.1. The van der Waals surface area contributed by atoms with E-state index < -0.39 is 40.2 Å². The highest BCUT2D eigenvalue weighted by molar-refractivity contribution is 7.92. The van der Waals surface area contributed by atoms with Crippen molar-refractivity contribution in [3.05, 3.63) is 95.3 Å². The maximum absolute atomic E-state index is 14.8. The van der Waals surface area contributed by atoms with Crippen molar-refractivity contribution in [1.82, 2.24) is 10.2 Å². The van der Waals surface area contributed by atoms with E-state index in [4.69, 9.17) is 0 Å². The molecule has 3 aromatic carbocycles. The van der Waals surface area contributed by atoms with E-state index in [-0.39, 0.29) is 17.1 Å². The number of carbonyl (C=O) groups is 2. The Morgan fingerprint density at radius 3 is 2.22 bits per heavy atom. The molecule has 0 saturated carbocycles. The topological polar surface area (TPSA) is 86.8 Å². The minimum atomic E-state index is -4.31. The predicted octanol–water partition coefficient (Wildman–Crippen LogP) is 3.80. The molecule has 1 unspecified atom stereocenters. The normalized spacial score (nSPS) is 12.0. The summed E-state index contributed by atoms with van der Waals surface area (Å²) in [6.07, 6.45) is 0. The number of anilines is 1. The van der Waals surface area contributed by atoms with Crippen LogP contribution >= 0.6 is 0 Å². The summed E-state index contributed by atoms with van der Waals surface area (Å²) >= 11 is 0. The number of sulfonamides is 1. The largest absolute Gasteiger partial charge is 0.357 e. The Kier molecular flexibility index (Phi) is 8.47. The van der Waals surface area contributed by atoms with Gasteiger partial charge in [-0.3, -0.25) is 13.9 Å². The van der Waals surface area contributed by atoms with Crippen LogP contribution in [0, 0.1) is 19.7 Å². The van der Waals surface area contributed by atoms with Crippen LogP contribution in [0.15, 0.2) is 77.7 Å². The molecule has 0 fully saturated rings. The summed E-state index contributed by atoms with van der Waals surface area (Å²) in [4.78, 5) is 27.3. The van der Waals surface area contributed by atoms with Gasteiger partial charge in [0.15, 0.2) is 0 Å². The molecule has 7 nitrogen and oxygen atoms in total. The number of hydrogen-bond donors (Lipinski definition) is 1. The summed E-state index contributed by atoms with van der Waals surface area (Å²) < 4.78 is 42.9. The smallest absolute Gasteiger partial charge is 0.264 e. The zero-order valence-corrected chi connectivity index (χ0v) is 21.5. The molecule has 0 aliphatic carbocycles. The van der Waals surface area contributed by atoms with Gasteiger partial charge in [-0.1, -0.05) is 59.7 Å². The standard InChI is InChI=1S/C27H30FN3O4S/c1-19-12-14-23(15-13-19)36(34,35)31(25-11-6-5-10-24(25)28)18-26(32)30(21(3)27(33)29-4)17-22-9-7-8-20(2)16-22/h5-16,21H,17-18H2,1-4H3,(H,29,33). The maximum atomic E-state index is 14.8. The lowest BCUT2D eigenvalue weighted by molar-refractivity contribution is -0.139. The molecular weight excluding hydrogens is 481 g/mol. The molecule has 0 spiro atoms. The first-order valence-corrected chi connectivity index (χ1v) is 12.9. The number of rotatable bonds is 9. The van der Waals surface area contributed by atoms with Crippen molar-refractivity contribution in [3.8, 4) is 0 Å². The van der Waals surface area contributed by atoms with Gasteiger partial charge in [0.2, 0.25) is 11.8 Å². The van der Waals surface area contributed by atoms with Crippen molar-refractivity contribution in [1.29, 1.82) is 0 Å². The first kappa shape index (κ1) is 26.9. The molecule has 1 N–H and O–H groups in total. The maximum Gasteiger partial charge on any atom is 0.264 e. The average Bonchev–Trinajstić information content (AvgIpc) is 2.85. The molecule has 9 heteroatoms. The fourth-order valence-corrected chi connectivity index (χ4v) is 5.23. The Bertz CT molecular complexity index is 1340. The van der Waals surface area contributed by atoms with Gasteiger partial charge in [0, 0.05) is 13.6 Å². The number of amides is 2. The van der Waals surface area contributed by atoms with Crippen LogP contribution in [0.1, 0.15) is 23.6 Å². The van der Waals surface area contributed by atoms with Crippen LogP contribution in [0.3, 0.4) is 0 Å². The SMILES string of the molecule is CNC(=O)C(C)N(Cc1cccc(C)c1)C(=O)CN(c1ccccc1F)S(=O)(=O)c1ccc(C)cc1. The van der Waals surface area contributed by atoms with Crippen molar-refractivity contribution in [2.45, 2.75) is 38.3 Å². The Morgan fingerprint density at radius 2 is 1.61 bits per heavy atom. The van der Waals surface area contributed by atoms with Crippen molar-refractivity contribution in [3.63, 3.8) is 0 Å². The first-order valence-electron chi connectivity index (χ1n) is 11.4. The van der Waals surface area contributed by atoms with Crippen molar-refractivity contribution in [2.24, 2.45) is 0 Å².